The Balaban J connectivity index is 1.86. The first-order valence-corrected chi connectivity index (χ1v) is 6.30. The van der Waals surface area contributed by atoms with E-state index in [-0.39, 0.29) is 18.1 Å². The van der Waals surface area contributed by atoms with E-state index in [1.54, 1.807) is 12.4 Å². The average Bonchev–Trinajstić information content (AvgIpc) is 2.99. The summed E-state index contributed by atoms with van der Waals surface area (Å²) in [6, 6.07) is 3.73. The molecule has 0 radical (unpaired) electrons. The van der Waals surface area contributed by atoms with Gasteiger partial charge < -0.3 is 10.1 Å². The van der Waals surface area contributed by atoms with Gasteiger partial charge in [0.2, 0.25) is 5.95 Å². The van der Waals surface area contributed by atoms with Crippen molar-refractivity contribution in [2.75, 3.05) is 0 Å². The van der Waals surface area contributed by atoms with E-state index in [1.807, 2.05) is 12.1 Å². The second-order valence-corrected chi connectivity index (χ2v) is 4.84. The SMILES string of the molecule is OC1CCC(n2ncc(-c3ccc[nH]3)c2F)CC1. The normalized spacial score (nSPS) is 24.3. The highest BCUT2D eigenvalue weighted by atomic mass is 19.1. The molecule has 2 aromatic rings. The average molecular weight is 249 g/mol. The van der Waals surface area contributed by atoms with Crippen LogP contribution in [0.3, 0.4) is 0 Å². The molecule has 96 valence electrons. The number of aliphatic hydroxyl groups excluding tert-OH is 1. The predicted molar refractivity (Wildman–Crippen MR) is 65.5 cm³/mol. The second kappa shape index (κ2) is 4.57. The van der Waals surface area contributed by atoms with Crippen LogP contribution in [0.25, 0.3) is 11.3 Å². The lowest BCUT2D eigenvalue weighted by Crippen LogP contribution is -2.22. The number of rotatable bonds is 2. The zero-order chi connectivity index (χ0) is 12.5. The summed E-state index contributed by atoms with van der Waals surface area (Å²) < 4.78 is 15.8. The van der Waals surface area contributed by atoms with Gasteiger partial charge in [-0.25, -0.2) is 4.68 Å². The Bertz CT molecular complexity index is 512. The number of halogens is 1. The third kappa shape index (κ3) is 1.95. The largest absolute Gasteiger partial charge is 0.393 e. The Morgan fingerprint density at radius 2 is 2.11 bits per heavy atom. The number of H-pyrrole nitrogens is 1. The molecule has 0 atom stereocenters. The van der Waals surface area contributed by atoms with Crippen LogP contribution < -0.4 is 0 Å². The molecular weight excluding hydrogens is 233 g/mol. The fourth-order valence-corrected chi connectivity index (χ4v) is 2.58. The zero-order valence-corrected chi connectivity index (χ0v) is 10.0. The first-order valence-electron chi connectivity index (χ1n) is 6.30. The number of hydrogen-bond donors (Lipinski definition) is 2. The van der Waals surface area contributed by atoms with Crippen molar-refractivity contribution in [3.8, 4) is 11.3 Å². The monoisotopic (exact) mass is 249 g/mol. The quantitative estimate of drug-likeness (QED) is 0.859. The molecule has 0 aromatic carbocycles. The Labute approximate surface area is 104 Å². The molecule has 2 N–H and O–H groups in total. The highest BCUT2D eigenvalue weighted by molar-refractivity contribution is 5.57. The Morgan fingerprint density at radius 3 is 2.78 bits per heavy atom. The summed E-state index contributed by atoms with van der Waals surface area (Å²) in [6.45, 7) is 0. The van der Waals surface area contributed by atoms with Gasteiger partial charge in [0.15, 0.2) is 0 Å². The molecule has 4 nitrogen and oxygen atoms in total. The molecule has 5 heteroatoms. The Kier molecular flexibility index (Phi) is 2.91. The standard InChI is InChI=1S/C13H16FN3O/c14-13-11(12-2-1-7-15-12)8-16-17(13)9-3-5-10(18)6-4-9/h1-2,7-10,15,18H,3-6H2. The third-order valence-electron chi connectivity index (χ3n) is 3.63. The highest BCUT2D eigenvalue weighted by Gasteiger charge is 2.25. The van der Waals surface area contributed by atoms with E-state index in [2.05, 4.69) is 10.1 Å². The molecule has 0 unspecified atom stereocenters. The summed E-state index contributed by atoms with van der Waals surface area (Å²) in [6.07, 6.45) is 6.11. The zero-order valence-electron chi connectivity index (χ0n) is 10.0. The van der Waals surface area contributed by atoms with Gasteiger partial charge in [-0.15, -0.1) is 0 Å². The van der Waals surface area contributed by atoms with Gasteiger partial charge in [-0.3, -0.25) is 0 Å². The van der Waals surface area contributed by atoms with Crippen molar-refractivity contribution in [2.24, 2.45) is 0 Å². The van der Waals surface area contributed by atoms with E-state index in [1.165, 1.54) is 4.68 Å². The van der Waals surface area contributed by atoms with Crippen molar-refractivity contribution < 1.29 is 9.50 Å². The first-order chi connectivity index (χ1) is 8.75. The Morgan fingerprint density at radius 1 is 1.33 bits per heavy atom. The van der Waals surface area contributed by atoms with Crippen molar-refractivity contribution >= 4 is 0 Å². The van der Waals surface area contributed by atoms with Gasteiger partial charge in [-0.1, -0.05) is 0 Å². The summed E-state index contributed by atoms with van der Waals surface area (Å²) in [5.41, 5.74) is 1.25. The van der Waals surface area contributed by atoms with Crippen LogP contribution in [0, 0.1) is 5.95 Å². The van der Waals surface area contributed by atoms with Crippen molar-refractivity contribution in [1.29, 1.82) is 0 Å². The van der Waals surface area contributed by atoms with Gasteiger partial charge >= 0.3 is 0 Å². The number of aromatic nitrogens is 3. The van der Waals surface area contributed by atoms with Gasteiger partial charge in [0.05, 0.1) is 29.6 Å². The topological polar surface area (TPSA) is 53.8 Å². The molecule has 0 spiro atoms. The van der Waals surface area contributed by atoms with Crippen LogP contribution in [-0.2, 0) is 0 Å². The summed E-state index contributed by atoms with van der Waals surface area (Å²) >= 11 is 0. The van der Waals surface area contributed by atoms with Crippen molar-refractivity contribution in [2.45, 2.75) is 37.8 Å². The summed E-state index contributed by atoms with van der Waals surface area (Å²) in [5, 5.41) is 13.6. The molecule has 18 heavy (non-hydrogen) atoms. The Hall–Kier alpha value is -1.62. The van der Waals surface area contributed by atoms with Crippen LogP contribution in [-0.4, -0.2) is 26.0 Å². The smallest absolute Gasteiger partial charge is 0.221 e. The minimum Gasteiger partial charge on any atom is -0.393 e. The van der Waals surface area contributed by atoms with Gasteiger partial charge in [-0.05, 0) is 37.8 Å². The maximum Gasteiger partial charge on any atom is 0.221 e. The van der Waals surface area contributed by atoms with E-state index >= 15 is 0 Å². The maximum atomic E-state index is 14.3. The molecule has 3 rings (SSSR count). The molecule has 2 aromatic heterocycles. The van der Waals surface area contributed by atoms with Crippen LogP contribution in [0.15, 0.2) is 24.5 Å². The molecular formula is C13H16FN3O. The minimum absolute atomic E-state index is 0.0668. The van der Waals surface area contributed by atoms with E-state index < -0.39 is 0 Å². The fourth-order valence-electron chi connectivity index (χ4n) is 2.58. The van der Waals surface area contributed by atoms with Gasteiger partial charge in [-0.2, -0.15) is 9.49 Å². The fraction of sp³-hybridized carbons (Fsp3) is 0.462. The number of hydrogen-bond acceptors (Lipinski definition) is 2. The number of aliphatic hydroxyl groups is 1. The van der Waals surface area contributed by atoms with Crippen molar-refractivity contribution in [3.05, 3.63) is 30.5 Å². The molecule has 0 amide bonds. The molecule has 1 fully saturated rings. The van der Waals surface area contributed by atoms with Crippen LogP contribution >= 0.6 is 0 Å². The molecule has 2 heterocycles. The van der Waals surface area contributed by atoms with E-state index in [0.717, 1.165) is 31.4 Å². The van der Waals surface area contributed by atoms with Crippen LogP contribution in [0.1, 0.15) is 31.7 Å². The second-order valence-electron chi connectivity index (χ2n) is 4.84. The summed E-state index contributed by atoms with van der Waals surface area (Å²) in [5.74, 6) is -0.293. The van der Waals surface area contributed by atoms with E-state index in [4.69, 9.17) is 0 Å². The number of nitrogens with zero attached hydrogens (tertiary/aromatic N) is 2. The highest BCUT2D eigenvalue weighted by Crippen LogP contribution is 2.31. The molecule has 0 aliphatic heterocycles. The molecule has 0 saturated heterocycles. The van der Waals surface area contributed by atoms with Gasteiger partial charge in [0.1, 0.15) is 0 Å². The molecule has 1 aliphatic rings. The summed E-state index contributed by atoms with van der Waals surface area (Å²) in [7, 11) is 0. The molecule has 1 aliphatic carbocycles. The van der Waals surface area contributed by atoms with Crippen molar-refractivity contribution in [1.82, 2.24) is 14.8 Å². The van der Waals surface area contributed by atoms with E-state index in [0.29, 0.717) is 5.56 Å². The van der Waals surface area contributed by atoms with Gasteiger partial charge in [0, 0.05) is 6.20 Å². The first kappa shape index (κ1) is 11.5. The lowest BCUT2D eigenvalue weighted by molar-refractivity contribution is 0.104. The molecule has 1 saturated carbocycles. The number of aromatic amines is 1. The lowest BCUT2D eigenvalue weighted by atomic mass is 9.93. The van der Waals surface area contributed by atoms with Crippen LogP contribution in [0.4, 0.5) is 4.39 Å². The minimum atomic E-state index is -0.293. The van der Waals surface area contributed by atoms with Gasteiger partial charge in [0.25, 0.3) is 0 Å². The predicted octanol–water partition coefficient (Wildman–Crippen LogP) is 2.49. The van der Waals surface area contributed by atoms with E-state index in [9.17, 15) is 9.50 Å². The maximum absolute atomic E-state index is 14.3. The lowest BCUT2D eigenvalue weighted by Gasteiger charge is -2.25. The van der Waals surface area contributed by atoms with Crippen LogP contribution in [0.2, 0.25) is 0 Å². The summed E-state index contributed by atoms with van der Waals surface area (Å²) in [4.78, 5) is 2.98. The third-order valence-corrected chi connectivity index (χ3v) is 3.63. The number of nitrogens with one attached hydrogen (secondary N) is 1. The van der Waals surface area contributed by atoms with Crippen molar-refractivity contribution in [3.63, 3.8) is 0 Å². The molecule has 0 bridgehead atoms. The van der Waals surface area contributed by atoms with Crippen LogP contribution in [0.5, 0.6) is 0 Å².